The average molecular weight is 396 g/mol. The van der Waals surface area contributed by atoms with Gasteiger partial charge in [0.25, 0.3) is 0 Å². The number of fused-ring (bicyclic) bond motifs is 1. The van der Waals surface area contributed by atoms with E-state index in [1.165, 1.54) is 0 Å². The maximum atomic E-state index is 12.4. The van der Waals surface area contributed by atoms with Gasteiger partial charge in [-0.2, -0.15) is 0 Å². The van der Waals surface area contributed by atoms with Crippen molar-refractivity contribution in [3.05, 3.63) is 58.1 Å². The minimum atomic E-state index is -0.224. The van der Waals surface area contributed by atoms with E-state index >= 15 is 0 Å². The van der Waals surface area contributed by atoms with E-state index in [4.69, 9.17) is 4.74 Å². The molecule has 1 aromatic heterocycles. The number of esters is 1. The van der Waals surface area contributed by atoms with Gasteiger partial charge < -0.3 is 9.84 Å². The molecule has 154 valence electrons. The van der Waals surface area contributed by atoms with Crippen molar-refractivity contribution in [2.45, 2.75) is 53.0 Å². The molecular weight excluding hydrogens is 366 g/mol. The van der Waals surface area contributed by atoms with E-state index in [9.17, 15) is 9.90 Å². The molecule has 3 aromatic rings. The smallest absolute Gasteiger partial charge is 0.306 e. The number of carbonyl (C=O) groups excluding carboxylic acids is 1. The Kier molecular flexibility index (Phi) is 6.64. The van der Waals surface area contributed by atoms with Crippen LogP contribution in [0.25, 0.3) is 11.0 Å². The van der Waals surface area contributed by atoms with E-state index in [1.54, 1.807) is 0 Å². The number of hydrogen-bond donors (Lipinski definition) is 1. The fraction of sp³-hybridized carbons (Fsp3) is 0.435. The Labute approximate surface area is 171 Å². The maximum Gasteiger partial charge on any atom is 0.306 e. The first-order valence-corrected chi connectivity index (χ1v) is 10.2. The molecule has 0 radical (unpaired) electrons. The molecule has 0 saturated heterocycles. The van der Waals surface area contributed by atoms with Crippen molar-refractivity contribution in [3.63, 3.8) is 0 Å². The van der Waals surface area contributed by atoms with Gasteiger partial charge in [-0.1, -0.05) is 29.5 Å². The first kappa shape index (κ1) is 21.0. The SMILES string of the molecule is CCOC(=O)CC(c1ccc(C)c(CCO)c1)c1ccc2c(nnn2CC)c1C. The Morgan fingerprint density at radius 3 is 2.69 bits per heavy atom. The highest BCUT2D eigenvalue weighted by molar-refractivity contribution is 5.80. The molecule has 0 saturated carbocycles. The summed E-state index contributed by atoms with van der Waals surface area (Å²) in [6.45, 7) is 9.14. The summed E-state index contributed by atoms with van der Waals surface area (Å²) < 4.78 is 7.13. The predicted octanol–water partition coefficient (Wildman–Crippen LogP) is 3.69. The van der Waals surface area contributed by atoms with Gasteiger partial charge in [0.05, 0.1) is 18.5 Å². The number of hydrogen-bond acceptors (Lipinski definition) is 5. The van der Waals surface area contributed by atoms with Crippen molar-refractivity contribution in [2.75, 3.05) is 13.2 Å². The first-order valence-electron chi connectivity index (χ1n) is 10.2. The highest BCUT2D eigenvalue weighted by Crippen LogP contribution is 2.34. The molecule has 0 bridgehead atoms. The van der Waals surface area contributed by atoms with Crippen molar-refractivity contribution >= 4 is 17.0 Å². The average Bonchev–Trinajstić information content (AvgIpc) is 3.13. The van der Waals surface area contributed by atoms with Crippen LogP contribution in [-0.2, 0) is 22.5 Å². The number of aryl methyl sites for hydroxylation is 3. The molecular formula is C23H29N3O3. The summed E-state index contributed by atoms with van der Waals surface area (Å²) in [6, 6.07) is 10.3. The van der Waals surface area contributed by atoms with Crippen LogP contribution in [0.15, 0.2) is 30.3 Å². The Balaban J connectivity index is 2.11. The summed E-state index contributed by atoms with van der Waals surface area (Å²) in [5.41, 5.74) is 7.20. The number of nitrogens with zero attached hydrogens (tertiary/aromatic N) is 3. The number of aromatic nitrogens is 3. The molecule has 1 heterocycles. The van der Waals surface area contributed by atoms with Crippen LogP contribution in [0.3, 0.4) is 0 Å². The largest absolute Gasteiger partial charge is 0.466 e. The lowest BCUT2D eigenvalue weighted by Crippen LogP contribution is -2.13. The molecule has 1 unspecified atom stereocenters. The van der Waals surface area contributed by atoms with E-state index in [-0.39, 0.29) is 24.9 Å². The first-order chi connectivity index (χ1) is 14.0. The summed E-state index contributed by atoms with van der Waals surface area (Å²) in [5, 5.41) is 18.0. The molecule has 3 rings (SSSR count). The number of aliphatic hydroxyl groups excluding tert-OH is 1. The zero-order chi connectivity index (χ0) is 21.0. The third-order valence-electron chi connectivity index (χ3n) is 5.49. The van der Waals surface area contributed by atoms with Gasteiger partial charge in [-0.25, -0.2) is 4.68 Å². The molecule has 0 aliphatic heterocycles. The van der Waals surface area contributed by atoms with Crippen LogP contribution < -0.4 is 0 Å². The van der Waals surface area contributed by atoms with Crippen LogP contribution in [0.1, 0.15) is 54.0 Å². The van der Waals surface area contributed by atoms with Crippen LogP contribution in [0.2, 0.25) is 0 Å². The molecule has 2 aromatic carbocycles. The summed E-state index contributed by atoms with van der Waals surface area (Å²) in [7, 11) is 0. The van der Waals surface area contributed by atoms with Crippen molar-refractivity contribution in [3.8, 4) is 0 Å². The van der Waals surface area contributed by atoms with Crippen molar-refractivity contribution in [1.29, 1.82) is 0 Å². The number of aliphatic hydroxyl groups is 1. The topological polar surface area (TPSA) is 77.2 Å². The van der Waals surface area contributed by atoms with Gasteiger partial charge in [0.2, 0.25) is 0 Å². The third kappa shape index (κ3) is 4.32. The van der Waals surface area contributed by atoms with E-state index < -0.39 is 0 Å². The second-order valence-electron chi connectivity index (χ2n) is 7.27. The van der Waals surface area contributed by atoms with Gasteiger partial charge in [0, 0.05) is 19.1 Å². The zero-order valence-corrected chi connectivity index (χ0v) is 17.6. The molecule has 29 heavy (non-hydrogen) atoms. The molecule has 0 aliphatic rings. The summed E-state index contributed by atoms with van der Waals surface area (Å²) in [4.78, 5) is 12.4. The lowest BCUT2D eigenvalue weighted by atomic mass is 9.84. The standard InChI is InChI=1S/C23H29N3O3/c1-5-26-21-10-9-19(16(4)23(21)24-25-26)20(14-22(28)29-6-2)18-8-7-15(3)17(13-18)11-12-27/h7-10,13,20,27H,5-6,11-12,14H2,1-4H3. The number of benzene rings is 2. The minimum absolute atomic E-state index is 0.0952. The molecule has 1 N–H and O–H groups in total. The highest BCUT2D eigenvalue weighted by Gasteiger charge is 2.23. The fourth-order valence-corrected chi connectivity index (χ4v) is 3.89. The number of ether oxygens (including phenoxy) is 1. The molecule has 1 atom stereocenters. The Bertz CT molecular complexity index is 1010. The van der Waals surface area contributed by atoms with E-state index in [2.05, 4.69) is 34.6 Å². The minimum Gasteiger partial charge on any atom is -0.466 e. The van der Waals surface area contributed by atoms with Gasteiger partial charge in [-0.15, -0.1) is 5.10 Å². The quantitative estimate of drug-likeness (QED) is 0.589. The normalized spacial score (nSPS) is 12.3. The Hall–Kier alpha value is -2.73. The lowest BCUT2D eigenvalue weighted by Gasteiger charge is -2.21. The van der Waals surface area contributed by atoms with Crippen molar-refractivity contribution < 1.29 is 14.6 Å². The van der Waals surface area contributed by atoms with Gasteiger partial charge >= 0.3 is 5.97 Å². The van der Waals surface area contributed by atoms with Crippen LogP contribution in [0.5, 0.6) is 0 Å². The summed E-state index contributed by atoms with van der Waals surface area (Å²) in [6.07, 6.45) is 0.846. The fourth-order valence-electron chi connectivity index (χ4n) is 3.89. The highest BCUT2D eigenvalue weighted by atomic mass is 16.5. The van der Waals surface area contributed by atoms with E-state index in [0.29, 0.717) is 13.0 Å². The van der Waals surface area contributed by atoms with Crippen molar-refractivity contribution in [2.24, 2.45) is 0 Å². The van der Waals surface area contributed by atoms with Gasteiger partial charge in [0.15, 0.2) is 0 Å². The van der Waals surface area contributed by atoms with Crippen LogP contribution >= 0.6 is 0 Å². The predicted molar refractivity (Wildman–Crippen MR) is 113 cm³/mol. The molecule has 0 spiro atoms. The molecule has 6 nitrogen and oxygen atoms in total. The molecule has 0 fully saturated rings. The number of rotatable bonds is 8. The molecule has 0 aliphatic carbocycles. The molecule has 0 amide bonds. The Morgan fingerprint density at radius 1 is 1.21 bits per heavy atom. The number of carbonyl (C=O) groups is 1. The third-order valence-corrected chi connectivity index (χ3v) is 5.49. The van der Waals surface area contributed by atoms with Crippen molar-refractivity contribution in [1.82, 2.24) is 15.0 Å². The monoisotopic (exact) mass is 395 g/mol. The van der Waals surface area contributed by atoms with Crippen LogP contribution in [0, 0.1) is 13.8 Å². The Morgan fingerprint density at radius 2 is 2.00 bits per heavy atom. The van der Waals surface area contributed by atoms with Gasteiger partial charge in [0.1, 0.15) is 5.52 Å². The maximum absolute atomic E-state index is 12.4. The van der Waals surface area contributed by atoms with Crippen LogP contribution in [-0.4, -0.2) is 39.3 Å². The van der Waals surface area contributed by atoms with Crippen LogP contribution in [0.4, 0.5) is 0 Å². The second kappa shape index (κ2) is 9.18. The van der Waals surface area contributed by atoms with Gasteiger partial charge in [-0.3, -0.25) is 4.79 Å². The van der Waals surface area contributed by atoms with Gasteiger partial charge in [-0.05, 0) is 68.0 Å². The molecule has 6 heteroatoms. The summed E-state index contributed by atoms with van der Waals surface area (Å²) in [5.74, 6) is -0.373. The van der Waals surface area contributed by atoms with E-state index in [0.717, 1.165) is 45.4 Å². The summed E-state index contributed by atoms with van der Waals surface area (Å²) >= 11 is 0. The zero-order valence-electron chi connectivity index (χ0n) is 17.6. The second-order valence-corrected chi connectivity index (χ2v) is 7.27. The lowest BCUT2D eigenvalue weighted by molar-refractivity contribution is -0.143. The van der Waals surface area contributed by atoms with E-state index in [1.807, 2.05) is 38.4 Å².